The molecule has 0 radical (unpaired) electrons. The Morgan fingerprint density at radius 2 is 1.44 bits per heavy atom. The molecule has 0 aliphatic heterocycles. The van der Waals surface area contributed by atoms with Gasteiger partial charge in [0.15, 0.2) is 0 Å². The first-order valence-corrected chi connectivity index (χ1v) is 14.9. The number of para-hydroxylation sites is 1. The average Bonchev–Trinajstić information content (AvgIpc) is 2.97. The molecule has 1 aliphatic carbocycles. The number of nitrogens with one attached hydrogen (secondary N) is 2. The van der Waals surface area contributed by atoms with Crippen LogP contribution in [0.15, 0.2) is 91.0 Å². The first kappa shape index (κ1) is 27.1. The molecule has 0 bridgehead atoms. The number of carbonyl (C=O) groups excluding carboxylic acids is 1. The number of hydrogen-bond acceptors (Lipinski definition) is 5. The number of aromatic nitrogens is 1. The Bertz CT molecular complexity index is 1350. The van der Waals surface area contributed by atoms with Crippen molar-refractivity contribution in [2.24, 2.45) is 0 Å². The molecule has 202 valence electrons. The van der Waals surface area contributed by atoms with Gasteiger partial charge in [-0.25, -0.2) is 4.98 Å². The van der Waals surface area contributed by atoms with E-state index in [1.54, 1.807) is 11.8 Å². The molecule has 3 aromatic carbocycles. The van der Waals surface area contributed by atoms with E-state index in [0.717, 1.165) is 65.0 Å². The maximum absolute atomic E-state index is 14.2. The van der Waals surface area contributed by atoms with Gasteiger partial charge in [-0.1, -0.05) is 85.8 Å². The summed E-state index contributed by atoms with van der Waals surface area (Å²) in [5.74, 6) is 1.83. The fourth-order valence-corrected chi connectivity index (χ4v) is 6.93. The summed E-state index contributed by atoms with van der Waals surface area (Å²) in [7, 11) is 4.14. The van der Waals surface area contributed by atoms with Crippen molar-refractivity contribution in [3.05, 3.63) is 102 Å². The summed E-state index contributed by atoms with van der Waals surface area (Å²) in [5, 5.41) is 8.31. The molecule has 0 spiro atoms. The third-order valence-corrected chi connectivity index (χ3v) is 9.01. The van der Waals surface area contributed by atoms with Crippen LogP contribution in [0.3, 0.4) is 0 Å². The minimum Gasteiger partial charge on any atom is -0.377 e. The van der Waals surface area contributed by atoms with E-state index in [-0.39, 0.29) is 11.9 Å². The van der Waals surface area contributed by atoms with E-state index in [1.165, 1.54) is 0 Å². The summed E-state index contributed by atoms with van der Waals surface area (Å²) in [6.07, 6.45) is 3.85. The first-order valence-electron chi connectivity index (χ1n) is 13.9. The first-order chi connectivity index (χ1) is 19.0. The molecule has 6 heteroatoms. The highest BCUT2D eigenvalue weighted by Crippen LogP contribution is 2.43. The molecule has 2 N–H and O–H groups in total. The summed E-state index contributed by atoms with van der Waals surface area (Å²) in [6.45, 7) is 2.12. The number of pyridine rings is 1. The molecule has 1 heterocycles. The molecule has 39 heavy (non-hydrogen) atoms. The second-order valence-electron chi connectivity index (χ2n) is 10.5. The van der Waals surface area contributed by atoms with Crippen LogP contribution in [0, 0.1) is 0 Å². The summed E-state index contributed by atoms with van der Waals surface area (Å²) in [5.41, 5.74) is 4.21. The van der Waals surface area contributed by atoms with Gasteiger partial charge in [-0.05, 0) is 48.6 Å². The SMILES string of the molecule is CCSC(C(=O)NC1CCC(Nc2cc(N(C)C)c3ccccc3n2)CC1)(c1ccccc1)c1ccccc1. The largest absolute Gasteiger partial charge is 0.377 e. The van der Waals surface area contributed by atoms with Crippen LogP contribution in [0.5, 0.6) is 0 Å². The van der Waals surface area contributed by atoms with Crippen LogP contribution < -0.4 is 15.5 Å². The van der Waals surface area contributed by atoms with Crippen molar-refractivity contribution in [2.45, 2.75) is 49.4 Å². The fraction of sp³-hybridized carbons (Fsp3) is 0.333. The smallest absolute Gasteiger partial charge is 0.245 e. The van der Waals surface area contributed by atoms with E-state index in [2.05, 4.69) is 85.1 Å². The molecule has 5 rings (SSSR count). The third-order valence-electron chi connectivity index (χ3n) is 7.63. The normalized spacial score (nSPS) is 17.5. The zero-order valence-electron chi connectivity index (χ0n) is 23.1. The van der Waals surface area contributed by atoms with Crippen molar-refractivity contribution in [3.8, 4) is 0 Å². The van der Waals surface area contributed by atoms with E-state index in [0.29, 0.717) is 6.04 Å². The molecule has 1 amide bonds. The second kappa shape index (κ2) is 12.1. The average molecular weight is 539 g/mol. The summed E-state index contributed by atoms with van der Waals surface area (Å²) in [6, 6.07) is 31.3. The second-order valence-corrected chi connectivity index (χ2v) is 11.9. The molecule has 1 fully saturated rings. The minimum atomic E-state index is -0.774. The zero-order valence-corrected chi connectivity index (χ0v) is 23.9. The maximum Gasteiger partial charge on any atom is 0.245 e. The lowest BCUT2D eigenvalue weighted by Gasteiger charge is -2.36. The molecule has 5 nitrogen and oxygen atoms in total. The van der Waals surface area contributed by atoms with Gasteiger partial charge in [-0.2, -0.15) is 0 Å². The highest BCUT2D eigenvalue weighted by atomic mass is 32.2. The van der Waals surface area contributed by atoms with Crippen LogP contribution in [-0.2, 0) is 9.54 Å². The molecule has 1 saturated carbocycles. The summed E-state index contributed by atoms with van der Waals surface area (Å²) < 4.78 is -0.774. The molecule has 1 aliphatic rings. The molecule has 0 unspecified atom stereocenters. The van der Waals surface area contributed by atoms with Crippen molar-refractivity contribution < 1.29 is 4.79 Å². The standard InChI is InChI=1S/C33H38N4OS/c1-4-39-33(24-13-7-5-8-14-24,25-15-9-6-10-16-25)32(38)35-27-21-19-26(20-22-27)34-31-23-30(37(2)3)28-17-11-12-18-29(28)36-31/h5-18,23,26-27H,4,19-22H2,1-3H3,(H,34,36)(H,35,38). The Morgan fingerprint density at radius 3 is 2.03 bits per heavy atom. The van der Waals surface area contributed by atoms with E-state index < -0.39 is 4.75 Å². The number of rotatable bonds is 9. The van der Waals surface area contributed by atoms with Crippen LogP contribution in [0.1, 0.15) is 43.7 Å². The van der Waals surface area contributed by atoms with Crippen LogP contribution in [0.25, 0.3) is 10.9 Å². The number of amides is 1. The Kier molecular flexibility index (Phi) is 8.41. The fourth-order valence-electron chi connectivity index (χ4n) is 5.70. The van der Waals surface area contributed by atoms with Gasteiger partial charge in [0, 0.05) is 43.3 Å². The van der Waals surface area contributed by atoms with Crippen molar-refractivity contribution >= 4 is 40.1 Å². The van der Waals surface area contributed by atoms with E-state index >= 15 is 0 Å². The lowest BCUT2D eigenvalue weighted by Crippen LogP contribution is -2.49. The van der Waals surface area contributed by atoms with Gasteiger partial charge in [0.2, 0.25) is 5.91 Å². The van der Waals surface area contributed by atoms with Gasteiger partial charge < -0.3 is 15.5 Å². The van der Waals surface area contributed by atoms with Gasteiger partial charge in [0.05, 0.1) is 5.52 Å². The van der Waals surface area contributed by atoms with Gasteiger partial charge >= 0.3 is 0 Å². The number of nitrogens with zero attached hydrogens (tertiary/aromatic N) is 2. The van der Waals surface area contributed by atoms with Gasteiger partial charge in [-0.3, -0.25) is 4.79 Å². The number of carbonyl (C=O) groups is 1. The highest BCUT2D eigenvalue weighted by Gasteiger charge is 2.43. The molecule has 1 aromatic heterocycles. The monoisotopic (exact) mass is 538 g/mol. The van der Waals surface area contributed by atoms with Gasteiger partial charge in [-0.15, -0.1) is 11.8 Å². The zero-order chi connectivity index (χ0) is 27.2. The predicted molar refractivity (Wildman–Crippen MR) is 166 cm³/mol. The third kappa shape index (κ3) is 5.76. The van der Waals surface area contributed by atoms with Gasteiger partial charge in [0.25, 0.3) is 0 Å². The van der Waals surface area contributed by atoms with Crippen LogP contribution in [-0.4, -0.2) is 42.8 Å². The minimum absolute atomic E-state index is 0.0787. The lowest BCUT2D eigenvalue weighted by atomic mass is 9.87. The Labute approximate surface area is 236 Å². The van der Waals surface area contributed by atoms with Crippen molar-refractivity contribution in [3.63, 3.8) is 0 Å². The summed E-state index contributed by atoms with van der Waals surface area (Å²) >= 11 is 1.70. The van der Waals surface area contributed by atoms with Crippen molar-refractivity contribution in [2.75, 3.05) is 30.1 Å². The Hall–Kier alpha value is -3.51. The number of thioether (sulfide) groups is 1. The quantitative estimate of drug-likeness (QED) is 0.244. The Balaban J connectivity index is 1.30. The molecular formula is C33H38N4OS. The number of anilines is 2. The van der Waals surface area contributed by atoms with Crippen LogP contribution in [0.4, 0.5) is 11.5 Å². The van der Waals surface area contributed by atoms with E-state index in [4.69, 9.17) is 4.98 Å². The van der Waals surface area contributed by atoms with E-state index in [1.807, 2.05) is 42.5 Å². The molecule has 4 aromatic rings. The molecule has 0 saturated heterocycles. The Morgan fingerprint density at radius 1 is 0.872 bits per heavy atom. The number of benzene rings is 3. The number of hydrogen-bond donors (Lipinski definition) is 2. The maximum atomic E-state index is 14.2. The van der Waals surface area contributed by atoms with Crippen molar-refractivity contribution in [1.29, 1.82) is 0 Å². The van der Waals surface area contributed by atoms with Crippen LogP contribution >= 0.6 is 11.8 Å². The topological polar surface area (TPSA) is 57.3 Å². The van der Waals surface area contributed by atoms with Crippen LogP contribution in [0.2, 0.25) is 0 Å². The molecule has 0 atom stereocenters. The number of fused-ring (bicyclic) bond motifs is 1. The predicted octanol–water partition coefficient (Wildman–Crippen LogP) is 6.84. The lowest BCUT2D eigenvalue weighted by molar-refractivity contribution is -0.123. The summed E-state index contributed by atoms with van der Waals surface area (Å²) in [4.78, 5) is 21.2. The van der Waals surface area contributed by atoms with E-state index in [9.17, 15) is 4.79 Å². The molecular weight excluding hydrogens is 500 g/mol. The highest BCUT2D eigenvalue weighted by molar-refractivity contribution is 8.01. The van der Waals surface area contributed by atoms with Gasteiger partial charge in [0.1, 0.15) is 10.6 Å². The van der Waals surface area contributed by atoms with Crippen molar-refractivity contribution in [1.82, 2.24) is 10.3 Å².